The van der Waals surface area contributed by atoms with Crippen molar-refractivity contribution < 1.29 is 8.42 Å². The normalized spacial score (nSPS) is 13.3. The van der Waals surface area contributed by atoms with Crippen LogP contribution in [0.25, 0.3) is 0 Å². The second-order valence-electron chi connectivity index (χ2n) is 5.48. The Hall–Kier alpha value is -0.910. The summed E-state index contributed by atoms with van der Waals surface area (Å²) in [5, 5.41) is 3.09. The van der Waals surface area contributed by atoms with Crippen LogP contribution in [0.2, 0.25) is 0 Å². The topological polar surface area (TPSA) is 58.2 Å². The van der Waals surface area contributed by atoms with Gasteiger partial charge >= 0.3 is 0 Å². The van der Waals surface area contributed by atoms with E-state index in [1.165, 1.54) is 5.56 Å². The molecule has 0 heterocycles. The highest BCUT2D eigenvalue weighted by Gasteiger charge is 2.18. The molecule has 0 aliphatic carbocycles. The largest absolute Gasteiger partial charge is 0.316 e. The Morgan fingerprint density at radius 1 is 1.19 bits per heavy atom. The number of rotatable bonds is 9. The number of benzene rings is 1. The maximum Gasteiger partial charge on any atom is 0.240 e. The van der Waals surface area contributed by atoms with Crippen molar-refractivity contribution in [1.82, 2.24) is 10.0 Å². The zero-order valence-electron chi connectivity index (χ0n) is 13.6. The molecule has 2 N–H and O–H groups in total. The maximum absolute atomic E-state index is 12.4. The second-order valence-corrected chi connectivity index (χ2v) is 7.19. The van der Waals surface area contributed by atoms with Gasteiger partial charge in [0.05, 0.1) is 4.90 Å². The molecule has 0 amide bonds. The minimum atomic E-state index is -3.43. The summed E-state index contributed by atoms with van der Waals surface area (Å²) in [7, 11) is -1.57. The second kappa shape index (κ2) is 8.51. The average Bonchev–Trinajstić information content (AvgIpc) is 2.45. The Kier molecular flexibility index (Phi) is 7.35. The van der Waals surface area contributed by atoms with Crippen LogP contribution in [0.3, 0.4) is 0 Å². The van der Waals surface area contributed by atoms with Crippen molar-refractivity contribution in [3.63, 3.8) is 0 Å². The van der Waals surface area contributed by atoms with E-state index in [4.69, 9.17) is 0 Å². The molecule has 0 radical (unpaired) electrons. The fourth-order valence-corrected chi connectivity index (χ4v) is 3.70. The Morgan fingerprint density at radius 2 is 1.90 bits per heavy atom. The van der Waals surface area contributed by atoms with Crippen LogP contribution < -0.4 is 10.0 Å². The van der Waals surface area contributed by atoms with Crippen LogP contribution in [-0.2, 0) is 23.0 Å². The zero-order chi connectivity index (χ0) is 15.9. The van der Waals surface area contributed by atoms with Crippen LogP contribution in [0.1, 0.15) is 51.2 Å². The van der Waals surface area contributed by atoms with Crippen LogP contribution in [0.5, 0.6) is 0 Å². The van der Waals surface area contributed by atoms with Gasteiger partial charge in [0.2, 0.25) is 10.0 Å². The fraction of sp³-hybridized carbons (Fsp3) is 0.625. The van der Waals surface area contributed by atoms with Gasteiger partial charge in [0.15, 0.2) is 0 Å². The molecule has 5 heteroatoms. The summed E-state index contributed by atoms with van der Waals surface area (Å²) in [6, 6.07) is 5.36. The third-order valence-corrected chi connectivity index (χ3v) is 5.17. The van der Waals surface area contributed by atoms with Crippen LogP contribution in [0.15, 0.2) is 23.1 Å². The molecule has 0 aliphatic rings. The van der Waals surface area contributed by atoms with E-state index in [0.717, 1.165) is 31.2 Å². The molecule has 0 saturated heterocycles. The Morgan fingerprint density at radius 3 is 2.48 bits per heavy atom. The van der Waals surface area contributed by atoms with Crippen molar-refractivity contribution in [2.24, 2.45) is 0 Å². The van der Waals surface area contributed by atoms with E-state index in [1.54, 1.807) is 12.1 Å². The van der Waals surface area contributed by atoms with Gasteiger partial charge in [-0.15, -0.1) is 0 Å². The highest BCUT2D eigenvalue weighted by atomic mass is 32.2. The fourth-order valence-electron chi connectivity index (χ4n) is 2.37. The highest BCUT2D eigenvalue weighted by molar-refractivity contribution is 7.89. The number of nitrogens with one attached hydrogen (secondary N) is 2. The number of unbranched alkanes of at least 4 members (excludes halogenated alkanes) is 1. The molecule has 1 unspecified atom stereocenters. The first-order valence-corrected chi connectivity index (χ1v) is 9.21. The van der Waals surface area contributed by atoms with Crippen molar-refractivity contribution in [2.75, 3.05) is 7.05 Å². The summed E-state index contributed by atoms with van der Waals surface area (Å²) in [6.45, 7) is 6.78. The molecule has 1 rings (SSSR count). The predicted octanol–water partition coefficient (Wildman–Crippen LogP) is 2.83. The SMILES string of the molecule is CCCCC(C)NS(=O)(=O)c1ccc(CC)c(CNC)c1. The van der Waals surface area contributed by atoms with E-state index >= 15 is 0 Å². The van der Waals surface area contributed by atoms with E-state index in [9.17, 15) is 8.42 Å². The quantitative estimate of drug-likeness (QED) is 0.737. The van der Waals surface area contributed by atoms with Gasteiger partial charge in [-0.3, -0.25) is 0 Å². The van der Waals surface area contributed by atoms with Crippen LogP contribution >= 0.6 is 0 Å². The molecule has 4 nitrogen and oxygen atoms in total. The van der Waals surface area contributed by atoms with Crippen LogP contribution in [0.4, 0.5) is 0 Å². The van der Waals surface area contributed by atoms with E-state index < -0.39 is 10.0 Å². The van der Waals surface area contributed by atoms with E-state index in [2.05, 4.69) is 23.9 Å². The van der Waals surface area contributed by atoms with E-state index in [0.29, 0.717) is 11.4 Å². The van der Waals surface area contributed by atoms with Gasteiger partial charge < -0.3 is 5.32 Å². The molecule has 0 spiro atoms. The minimum Gasteiger partial charge on any atom is -0.316 e. The molecule has 1 aromatic carbocycles. The van der Waals surface area contributed by atoms with Gasteiger partial charge in [0, 0.05) is 12.6 Å². The highest BCUT2D eigenvalue weighted by Crippen LogP contribution is 2.17. The molecule has 0 aliphatic heterocycles. The molecule has 1 aromatic rings. The molecule has 0 aromatic heterocycles. The Balaban J connectivity index is 2.94. The van der Waals surface area contributed by atoms with Crippen molar-refractivity contribution in [3.05, 3.63) is 29.3 Å². The summed E-state index contributed by atoms with van der Waals surface area (Å²) in [6.07, 6.45) is 3.87. The molecule has 1 atom stereocenters. The lowest BCUT2D eigenvalue weighted by atomic mass is 10.1. The standard InChI is InChI=1S/C16H28N2O2S/c1-5-7-8-13(3)18-21(19,20)16-10-9-14(6-2)15(11-16)12-17-4/h9-11,13,17-18H,5-8,12H2,1-4H3. The maximum atomic E-state index is 12.4. The first-order chi connectivity index (χ1) is 9.94. The molecular weight excluding hydrogens is 284 g/mol. The summed E-state index contributed by atoms with van der Waals surface area (Å²) in [5.74, 6) is 0. The lowest BCUT2D eigenvalue weighted by Gasteiger charge is -2.15. The number of hydrogen-bond donors (Lipinski definition) is 2. The van der Waals surface area contributed by atoms with Crippen molar-refractivity contribution in [3.8, 4) is 0 Å². The van der Waals surface area contributed by atoms with Gasteiger partial charge in [-0.2, -0.15) is 0 Å². The first-order valence-electron chi connectivity index (χ1n) is 7.73. The van der Waals surface area contributed by atoms with Crippen molar-refractivity contribution in [2.45, 2.75) is 63.9 Å². The number of sulfonamides is 1. The molecule has 21 heavy (non-hydrogen) atoms. The Labute approximate surface area is 129 Å². The summed E-state index contributed by atoms with van der Waals surface area (Å²) in [5.41, 5.74) is 2.23. The molecule has 0 fully saturated rings. The van der Waals surface area contributed by atoms with E-state index in [-0.39, 0.29) is 6.04 Å². The third-order valence-electron chi connectivity index (χ3n) is 3.58. The zero-order valence-corrected chi connectivity index (χ0v) is 14.4. The smallest absolute Gasteiger partial charge is 0.240 e. The van der Waals surface area contributed by atoms with Gasteiger partial charge in [0.25, 0.3) is 0 Å². The lowest BCUT2D eigenvalue weighted by molar-refractivity contribution is 0.534. The first kappa shape index (κ1) is 18.1. The van der Waals surface area contributed by atoms with Gasteiger partial charge in [-0.1, -0.05) is 32.8 Å². The van der Waals surface area contributed by atoms with Crippen molar-refractivity contribution in [1.29, 1.82) is 0 Å². The third kappa shape index (κ3) is 5.41. The number of hydrogen-bond acceptors (Lipinski definition) is 3. The Bertz CT molecular complexity index is 541. The molecule has 0 saturated carbocycles. The monoisotopic (exact) mass is 312 g/mol. The molecule has 0 bridgehead atoms. The lowest BCUT2D eigenvalue weighted by Crippen LogP contribution is -2.32. The molecule has 120 valence electrons. The summed E-state index contributed by atoms with van der Waals surface area (Å²) in [4.78, 5) is 0.355. The summed E-state index contributed by atoms with van der Waals surface area (Å²) < 4.78 is 27.6. The van der Waals surface area contributed by atoms with Gasteiger partial charge in [0.1, 0.15) is 0 Å². The van der Waals surface area contributed by atoms with E-state index in [1.807, 2.05) is 20.0 Å². The van der Waals surface area contributed by atoms with Crippen LogP contribution in [0, 0.1) is 0 Å². The molecular formula is C16H28N2O2S. The average molecular weight is 312 g/mol. The van der Waals surface area contributed by atoms with Gasteiger partial charge in [-0.25, -0.2) is 13.1 Å². The predicted molar refractivity (Wildman–Crippen MR) is 87.9 cm³/mol. The minimum absolute atomic E-state index is 0.0337. The summed E-state index contributed by atoms with van der Waals surface area (Å²) >= 11 is 0. The van der Waals surface area contributed by atoms with Gasteiger partial charge in [-0.05, 0) is 50.1 Å². The van der Waals surface area contributed by atoms with Crippen LogP contribution in [-0.4, -0.2) is 21.5 Å². The number of aryl methyl sites for hydroxylation is 1. The van der Waals surface area contributed by atoms with Crippen molar-refractivity contribution >= 4 is 10.0 Å².